The summed E-state index contributed by atoms with van der Waals surface area (Å²) >= 11 is 0. The first-order valence-corrected chi connectivity index (χ1v) is 5.46. The molecule has 1 aliphatic rings. The molecule has 1 fully saturated rings. The maximum Gasteiger partial charge on any atom is 0.406 e. The maximum absolute atomic E-state index is 12.9. The topological polar surface area (TPSA) is 69.6 Å². The Labute approximate surface area is 107 Å². The number of nitrogens with zero attached hydrogens (tertiary/aromatic N) is 1. The van der Waals surface area contributed by atoms with Crippen molar-refractivity contribution in [2.45, 2.75) is 25.6 Å². The number of carboxylic acids is 1. The van der Waals surface area contributed by atoms with Gasteiger partial charge in [0, 0.05) is 13.1 Å². The van der Waals surface area contributed by atoms with E-state index in [-0.39, 0.29) is 6.54 Å². The Hall–Kier alpha value is -1.91. The number of carbonyl (C=O) groups excluding carboxylic acids is 1. The van der Waals surface area contributed by atoms with Crippen LogP contribution in [0.4, 0.5) is 18.0 Å². The molecule has 1 saturated heterocycles. The highest BCUT2D eigenvalue weighted by atomic mass is 19.4. The summed E-state index contributed by atoms with van der Waals surface area (Å²) < 4.78 is 38.6. The Morgan fingerprint density at radius 3 is 2.47 bits per heavy atom. The Bertz CT molecular complexity index is 430. The Balaban J connectivity index is 2.84. The fourth-order valence-electron chi connectivity index (χ4n) is 1.83. The fraction of sp³-hybridized carbons (Fsp3) is 0.636. The number of terminal acetylenes is 1. The lowest BCUT2D eigenvalue weighted by Crippen LogP contribution is -2.49. The third-order valence-electron chi connectivity index (χ3n) is 3.10. The zero-order valence-electron chi connectivity index (χ0n) is 10.1. The zero-order chi connectivity index (χ0) is 14.8. The van der Waals surface area contributed by atoms with E-state index < -0.39 is 42.6 Å². The number of carbonyl (C=O) groups is 2. The van der Waals surface area contributed by atoms with Gasteiger partial charge in [0.1, 0.15) is 0 Å². The van der Waals surface area contributed by atoms with Gasteiger partial charge >= 0.3 is 18.2 Å². The third-order valence-corrected chi connectivity index (χ3v) is 3.10. The molecular formula is C11H13F3N2O3. The molecule has 0 spiro atoms. The van der Waals surface area contributed by atoms with Crippen molar-refractivity contribution in [2.24, 2.45) is 5.41 Å². The number of halogens is 3. The first-order valence-electron chi connectivity index (χ1n) is 5.46. The molecule has 1 rings (SSSR count). The van der Waals surface area contributed by atoms with Crippen molar-refractivity contribution in [1.29, 1.82) is 0 Å². The van der Waals surface area contributed by atoms with Crippen molar-refractivity contribution in [3.8, 4) is 12.3 Å². The molecular weight excluding hydrogens is 265 g/mol. The van der Waals surface area contributed by atoms with Gasteiger partial charge in [-0.15, -0.1) is 6.42 Å². The Kier molecular flexibility index (Phi) is 3.98. The van der Waals surface area contributed by atoms with E-state index in [1.165, 1.54) is 6.92 Å². The standard InChI is InChI=1S/C11H13F3N2O3/c1-3-7(2)15-9(19)16-5-4-10(6-16,8(17)18)11(12,13)14/h1,7H,4-6H2,2H3,(H,15,19)(H,17,18). The van der Waals surface area contributed by atoms with Crippen LogP contribution >= 0.6 is 0 Å². The van der Waals surface area contributed by atoms with Crippen LogP contribution in [0.5, 0.6) is 0 Å². The van der Waals surface area contributed by atoms with Crippen LogP contribution in [0.15, 0.2) is 0 Å². The highest BCUT2D eigenvalue weighted by molar-refractivity contribution is 5.80. The lowest BCUT2D eigenvalue weighted by Gasteiger charge is -2.27. The Morgan fingerprint density at radius 2 is 2.11 bits per heavy atom. The normalized spacial score (nSPS) is 24.7. The zero-order valence-corrected chi connectivity index (χ0v) is 10.1. The number of carboxylic acid groups (broad SMARTS) is 1. The quantitative estimate of drug-likeness (QED) is 0.742. The number of hydrogen-bond acceptors (Lipinski definition) is 2. The number of hydrogen-bond donors (Lipinski definition) is 2. The van der Waals surface area contributed by atoms with Gasteiger partial charge in [-0.25, -0.2) is 4.79 Å². The molecule has 19 heavy (non-hydrogen) atoms. The highest BCUT2D eigenvalue weighted by Crippen LogP contribution is 2.45. The molecule has 106 valence electrons. The molecule has 0 aromatic rings. The molecule has 8 heteroatoms. The molecule has 5 nitrogen and oxygen atoms in total. The van der Waals surface area contributed by atoms with Crippen LogP contribution < -0.4 is 5.32 Å². The van der Waals surface area contributed by atoms with Gasteiger partial charge in [-0.3, -0.25) is 4.79 Å². The van der Waals surface area contributed by atoms with Crippen molar-refractivity contribution < 1.29 is 27.9 Å². The van der Waals surface area contributed by atoms with Crippen LogP contribution in [0.2, 0.25) is 0 Å². The van der Waals surface area contributed by atoms with Gasteiger partial charge in [-0.2, -0.15) is 13.2 Å². The highest BCUT2D eigenvalue weighted by Gasteiger charge is 2.64. The van der Waals surface area contributed by atoms with Crippen molar-refractivity contribution in [1.82, 2.24) is 10.2 Å². The summed E-state index contributed by atoms with van der Waals surface area (Å²) in [5.41, 5.74) is -2.90. The molecule has 0 aliphatic carbocycles. The molecule has 0 aromatic carbocycles. The molecule has 2 atom stereocenters. The van der Waals surface area contributed by atoms with Crippen molar-refractivity contribution in [3.05, 3.63) is 0 Å². The molecule has 1 heterocycles. The predicted molar refractivity (Wildman–Crippen MR) is 59.1 cm³/mol. The van der Waals surface area contributed by atoms with Crippen molar-refractivity contribution in [3.63, 3.8) is 0 Å². The first-order chi connectivity index (χ1) is 8.64. The van der Waals surface area contributed by atoms with E-state index in [0.717, 1.165) is 4.90 Å². The molecule has 2 amide bonds. The molecule has 2 N–H and O–H groups in total. The summed E-state index contributed by atoms with van der Waals surface area (Å²) in [6.45, 7) is 0.298. The number of likely N-dealkylation sites (tertiary alicyclic amines) is 1. The lowest BCUT2D eigenvalue weighted by molar-refractivity contribution is -0.226. The van der Waals surface area contributed by atoms with E-state index in [1.807, 2.05) is 0 Å². The van der Waals surface area contributed by atoms with Gasteiger partial charge in [0.2, 0.25) is 0 Å². The van der Waals surface area contributed by atoms with Gasteiger partial charge < -0.3 is 15.3 Å². The average molecular weight is 278 g/mol. The Morgan fingerprint density at radius 1 is 1.53 bits per heavy atom. The minimum atomic E-state index is -4.91. The van der Waals surface area contributed by atoms with Crippen LogP contribution in [0.25, 0.3) is 0 Å². The van der Waals surface area contributed by atoms with Gasteiger partial charge in [0.15, 0.2) is 5.41 Å². The molecule has 2 unspecified atom stereocenters. The van der Waals surface area contributed by atoms with E-state index >= 15 is 0 Å². The second-order valence-electron chi connectivity index (χ2n) is 4.39. The number of amides is 2. The smallest absolute Gasteiger partial charge is 0.406 e. The molecule has 0 radical (unpaired) electrons. The third kappa shape index (κ3) is 2.75. The summed E-state index contributed by atoms with van der Waals surface area (Å²) in [6, 6.07) is -1.43. The molecule has 0 aromatic heterocycles. The van der Waals surface area contributed by atoms with E-state index in [4.69, 9.17) is 11.5 Å². The maximum atomic E-state index is 12.9. The summed E-state index contributed by atoms with van der Waals surface area (Å²) in [5, 5.41) is 11.1. The number of rotatable bonds is 2. The van der Waals surface area contributed by atoms with Gasteiger partial charge in [0.25, 0.3) is 0 Å². The molecule has 0 bridgehead atoms. The molecule has 1 aliphatic heterocycles. The number of urea groups is 1. The monoisotopic (exact) mass is 278 g/mol. The lowest BCUT2D eigenvalue weighted by atomic mass is 9.86. The van der Waals surface area contributed by atoms with Crippen LogP contribution in [-0.4, -0.2) is 47.3 Å². The average Bonchev–Trinajstić information content (AvgIpc) is 2.74. The van der Waals surface area contributed by atoms with Crippen LogP contribution in [0.3, 0.4) is 0 Å². The van der Waals surface area contributed by atoms with Crippen LogP contribution in [0.1, 0.15) is 13.3 Å². The van der Waals surface area contributed by atoms with Crippen molar-refractivity contribution >= 4 is 12.0 Å². The SMILES string of the molecule is C#CC(C)NC(=O)N1CCC(C(=O)O)(C(F)(F)F)C1. The van der Waals surface area contributed by atoms with E-state index in [2.05, 4.69) is 11.2 Å². The van der Waals surface area contributed by atoms with Gasteiger partial charge in [-0.1, -0.05) is 5.92 Å². The van der Waals surface area contributed by atoms with E-state index in [1.54, 1.807) is 0 Å². The minimum absolute atomic E-state index is 0.283. The second-order valence-corrected chi connectivity index (χ2v) is 4.39. The number of nitrogens with one attached hydrogen (secondary N) is 1. The van der Waals surface area contributed by atoms with Crippen molar-refractivity contribution in [2.75, 3.05) is 13.1 Å². The molecule has 0 saturated carbocycles. The second kappa shape index (κ2) is 4.99. The van der Waals surface area contributed by atoms with Crippen LogP contribution in [-0.2, 0) is 4.79 Å². The summed E-state index contributed by atoms with van der Waals surface area (Å²) in [7, 11) is 0. The van der Waals surface area contributed by atoms with E-state index in [0.29, 0.717) is 0 Å². The number of aliphatic carboxylic acids is 1. The minimum Gasteiger partial charge on any atom is -0.481 e. The fourth-order valence-corrected chi connectivity index (χ4v) is 1.83. The van der Waals surface area contributed by atoms with E-state index in [9.17, 15) is 22.8 Å². The van der Waals surface area contributed by atoms with Gasteiger partial charge in [-0.05, 0) is 13.3 Å². The van der Waals surface area contributed by atoms with Gasteiger partial charge in [0.05, 0.1) is 6.04 Å². The first kappa shape index (κ1) is 15.1. The summed E-state index contributed by atoms with van der Waals surface area (Å²) in [4.78, 5) is 23.3. The number of alkyl halides is 3. The largest absolute Gasteiger partial charge is 0.481 e. The van der Waals surface area contributed by atoms with Crippen LogP contribution in [0, 0.1) is 17.8 Å². The predicted octanol–water partition coefficient (Wildman–Crippen LogP) is 1.06. The summed E-state index contributed by atoms with van der Waals surface area (Å²) in [5.74, 6) is 0.224. The summed E-state index contributed by atoms with van der Waals surface area (Å²) in [6.07, 6.45) is -0.542.